The Labute approximate surface area is 143 Å². The number of hydrogen-bond donors (Lipinski definition) is 2. The average molecular weight is 423 g/mol. The van der Waals surface area contributed by atoms with Crippen LogP contribution in [0.25, 0.3) is 0 Å². The topological polar surface area (TPSA) is 84.5 Å². The number of nitrogens with zero attached hydrogens (tertiary/aromatic N) is 1. The van der Waals surface area contributed by atoms with Crippen LogP contribution in [0.5, 0.6) is 0 Å². The Kier molecular flexibility index (Phi) is 7.44. The maximum Gasteiger partial charge on any atom is 0.188 e. The van der Waals surface area contributed by atoms with Gasteiger partial charge in [0.1, 0.15) is 0 Å². The molecule has 5 nitrogen and oxygen atoms in total. The monoisotopic (exact) mass is 423 g/mol. The zero-order valence-electron chi connectivity index (χ0n) is 11.9. The van der Waals surface area contributed by atoms with Gasteiger partial charge in [-0.3, -0.25) is 4.99 Å². The van der Waals surface area contributed by atoms with Crippen molar-refractivity contribution in [3.8, 4) is 0 Å². The summed E-state index contributed by atoms with van der Waals surface area (Å²) in [6.07, 6.45) is 1.58. The highest BCUT2D eigenvalue weighted by Crippen LogP contribution is 2.18. The molecule has 1 heterocycles. The average Bonchev–Trinajstić information content (AvgIpc) is 2.77. The van der Waals surface area contributed by atoms with Crippen LogP contribution in [-0.4, -0.2) is 39.0 Å². The molecule has 0 aromatic heterocycles. The van der Waals surface area contributed by atoms with Crippen LogP contribution in [-0.2, 0) is 16.3 Å². The molecule has 0 radical (unpaired) electrons. The molecule has 7 heteroatoms. The van der Waals surface area contributed by atoms with Crippen molar-refractivity contribution in [1.29, 1.82) is 0 Å². The Morgan fingerprint density at radius 3 is 2.67 bits per heavy atom. The molecule has 0 spiro atoms. The second-order valence-corrected chi connectivity index (χ2v) is 7.39. The van der Waals surface area contributed by atoms with E-state index in [1.54, 1.807) is 0 Å². The predicted octanol–water partition coefficient (Wildman–Crippen LogP) is 1.19. The van der Waals surface area contributed by atoms with Crippen molar-refractivity contribution in [1.82, 2.24) is 5.32 Å². The number of hydrogen-bond acceptors (Lipinski definition) is 3. The number of benzene rings is 1. The first kappa shape index (κ1) is 18.2. The number of rotatable bonds is 5. The fourth-order valence-corrected chi connectivity index (χ4v) is 4.13. The zero-order valence-corrected chi connectivity index (χ0v) is 15.0. The highest BCUT2D eigenvalue weighted by atomic mass is 127. The third-order valence-corrected chi connectivity index (χ3v) is 5.25. The van der Waals surface area contributed by atoms with Crippen molar-refractivity contribution in [2.45, 2.75) is 12.8 Å². The van der Waals surface area contributed by atoms with E-state index in [0.29, 0.717) is 18.9 Å². The van der Waals surface area contributed by atoms with Crippen LogP contribution in [0.1, 0.15) is 12.0 Å². The lowest BCUT2D eigenvalue weighted by Crippen LogP contribution is -2.33. The minimum Gasteiger partial charge on any atom is -0.370 e. The maximum atomic E-state index is 11.3. The second kappa shape index (κ2) is 8.57. The Balaban J connectivity index is 0.00000220. The summed E-state index contributed by atoms with van der Waals surface area (Å²) in [4.78, 5) is 4.22. The molecule has 1 fully saturated rings. The van der Waals surface area contributed by atoms with Crippen LogP contribution in [0.2, 0.25) is 0 Å². The van der Waals surface area contributed by atoms with E-state index in [1.807, 2.05) is 18.2 Å². The van der Waals surface area contributed by atoms with Gasteiger partial charge in [-0.05, 0) is 24.3 Å². The van der Waals surface area contributed by atoms with Gasteiger partial charge in [0.25, 0.3) is 0 Å². The van der Waals surface area contributed by atoms with Crippen molar-refractivity contribution in [3.05, 3.63) is 35.9 Å². The van der Waals surface area contributed by atoms with Crippen LogP contribution in [0.4, 0.5) is 0 Å². The summed E-state index contributed by atoms with van der Waals surface area (Å²) in [6, 6.07) is 10.1. The Morgan fingerprint density at radius 1 is 1.33 bits per heavy atom. The quantitative estimate of drug-likeness (QED) is 0.423. The molecule has 21 heavy (non-hydrogen) atoms. The lowest BCUT2D eigenvalue weighted by molar-refractivity contribution is 0.590. The van der Waals surface area contributed by atoms with Crippen LogP contribution in [0.3, 0.4) is 0 Å². The summed E-state index contributed by atoms with van der Waals surface area (Å²) in [7, 11) is -2.83. The van der Waals surface area contributed by atoms with Gasteiger partial charge in [0, 0.05) is 13.1 Å². The molecule has 1 aliphatic heterocycles. The Hall–Kier alpha value is -0.830. The number of aliphatic imine (C=N–C) groups is 1. The van der Waals surface area contributed by atoms with E-state index in [2.05, 4.69) is 22.4 Å². The number of sulfone groups is 1. The summed E-state index contributed by atoms with van der Waals surface area (Å²) in [5, 5.41) is 3.05. The first-order chi connectivity index (χ1) is 9.55. The SMILES string of the molecule is I.NC(=NCC1CCS(=O)(=O)C1)NCCc1ccccc1. The number of guanidine groups is 1. The van der Waals surface area contributed by atoms with Gasteiger partial charge in [-0.2, -0.15) is 0 Å². The van der Waals surface area contributed by atoms with E-state index >= 15 is 0 Å². The summed E-state index contributed by atoms with van der Waals surface area (Å²) in [6.45, 7) is 1.21. The van der Waals surface area contributed by atoms with Crippen molar-refractivity contribution in [3.63, 3.8) is 0 Å². The van der Waals surface area contributed by atoms with Crippen LogP contribution >= 0.6 is 24.0 Å². The van der Waals surface area contributed by atoms with Crippen molar-refractivity contribution < 1.29 is 8.42 Å². The molecule has 0 aliphatic carbocycles. The molecule has 3 N–H and O–H groups in total. The molecule has 1 aromatic carbocycles. The number of nitrogens with two attached hydrogens (primary N) is 1. The van der Waals surface area contributed by atoms with Crippen LogP contribution in [0, 0.1) is 5.92 Å². The first-order valence-corrected chi connectivity index (χ1v) is 8.65. The van der Waals surface area contributed by atoms with Crippen molar-refractivity contribution in [2.75, 3.05) is 24.6 Å². The molecule has 0 saturated carbocycles. The van der Waals surface area contributed by atoms with E-state index in [0.717, 1.165) is 13.0 Å². The molecule has 0 amide bonds. The van der Waals surface area contributed by atoms with Gasteiger partial charge in [-0.25, -0.2) is 8.42 Å². The maximum absolute atomic E-state index is 11.3. The molecular formula is C14H22IN3O2S. The smallest absolute Gasteiger partial charge is 0.188 e. The normalized spacial score (nSPS) is 20.8. The van der Waals surface area contributed by atoms with E-state index in [9.17, 15) is 8.42 Å². The zero-order chi connectivity index (χ0) is 14.4. The van der Waals surface area contributed by atoms with E-state index < -0.39 is 9.84 Å². The summed E-state index contributed by atoms with van der Waals surface area (Å²) < 4.78 is 22.6. The molecule has 118 valence electrons. The van der Waals surface area contributed by atoms with Crippen LogP contribution in [0.15, 0.2) is 35.3 Å². The minimum atomic E-state index is -2.83. The largest absolute Gasteiger partial charge is 0.370 e. The lowest BCUT2D eigenvalue weighted by atomic mass is 10.1. The van der Waals surface area contributed by atoms with E-state index in [-0.39, 0.29) is 41.4 Å². The highest BCUT2D eigenvalue weighted by Gasteiger charge is 2.27. The molecule has 1 saturated heterocycles. The van der Waals surface area contributed by atoms with Gasteiger partial charge in [0.05, 0.1) is 11.5 Å². The van der Waals surface area contributed by atoms with Gasteiger partial charge >= 0.3 is 0 Å². The second-order valence-electron chi connectivity index (χ2n) is 5.16. The van der Waals surface area contributed by atoms with E-state index in [1.165, 1.54) is 5.56 Å². The number of halogens is 1. The molecule has 1 aromatic rings. The summed E-state index contributed by atoms with van der Waals surface area (Å²) in [5.41, 5.74) is 7.02. The predicted molar refractivity (Wildman–Crippen MR) is 96.8 cm³/mol. The molecule has 1 atom stereocenters. The van der Waals surface area contributed by atoms with E-state index in [4.69, 9.17) is 5.73 Å². The third-order valence-electron chi connectivity index (χ3n) is 3.41. The fraction of sp³-hybridized carbons (Fsp3) is 0.500. The fourth-order valence-electron chi connectivity index (χ4n) is 2.28. The Bertz CT molecular complexity index is 561. The third kappa shape index (κ3) is 6.64. The van der Waals surface area contributed by atoms with Gasteiger partial charge in [0.2, 0.25) is 0 Å². The first-order valence-electron chi connectivity index (χ1n) is 6.83. The molecule has 2 rings (SSSR count). The number of nitrogens with one attached hydrogen (secondary N) is 1. The van der Waals surface area contributed by atoms with Gasteiger partial charge in [-0.15, -0.1) is 24.0 Å². The standard InChI is InChI=1S/C14H21N3O2S.HI/c15-14(16-8-6-12-4-2-1-3-5-12)17-10-13-7-9-20(18,19)11-13;/h1-5,13H,6-11H2,(H3,15,16,17);1H. The van der Waals surface area contributed by atoms with Crippen molar-refractivity contribution in [2.24, 2.45) is 16.6 Å². The highest BCUT2D eigenvalue weighted by molar-refractivity contribution is 14.0. The summed E-state index contributed by atoms with van der Waals surface area (Å²) in [5.74, 6) is 1.04. The van der Waals surface area contributed by atoms with Gasteiger partial charge in [0.15, 0.2) is 15.8 Å². The molecule has 0 bridgehead atoms. The van der Waals surface area contributed by atoms with Crippen LogP contribution < -0.4 is 11.1 Å². The molecule has 1 aliphatic rings. The van der Waals surface area contributed by atoms with Gasteiger partial charge in [-0.1, -0.05) is 30.3 Å². The minimum absolute atomic E-state index is 0. The Morgan fingerprint density at radius 2 is 2.05 bits per heavy atom. The lowest BCUT2D eigenvalue weighted by Gasteiger charge is -2.07. The van der Waals surface area contributed by atoms with Gasteiger partial charge < -0.3 is 11.1 Å². The molecule has 1 unspecified atom stereocenters. The van der Waals surface area contributed by atoms with Crippen molar-refractivity contribution >= 4 is 39.8 Å². The summed E-state index contributed by atoms with van der Waals surface area (Å²) >= 11 is 0. The molecular weight excluding hydrogens is 401 g/mol.